The molecule has 1 atom stereocenters. The molecule has 27 heavy (non-hydrogen) atoms. The molecule has 1 aromatic carbocycles. The van der Waals surface area contributed by atoms with Gasteiger partial charge >= 0.3 is 0 Å². The molecule has 2 aliphatic heterocycles. The number of likely N-dealkylation sites (tertiary alicyclic amines) is 1. The third-order valence-electron chi connectivity index (χ3n) is 5.72. The summed E-state index contributed by atoms with van der Waals surface area (Å²) in [6.07, 6.45) is 3.46. The molecule has 0 radical (unpaired) electrons. The van der Waals surface area contributed by atoms with Gasteiger partial charge < -0.3 is 10.1 Å². The van der Waals surface area contributed by atoms with Crippen LogP contribution in [0.5, 0.6) is 0 Å². The highest BCUT2D eigenvalue weighted by molar-refractivity contribution is 9.10. The fourth-order valence-corrected chi connectivity index (χ4v) is 4.15. The van der Waals surface area contributed by atoms with E-state index in [4.69, 9.17) is 4.74 Å². The monoisotopic (exact) mass is 441 g/mol. The fourth-order valence-electron chi connectivity index (χ4n) is 3.81. The Morgan fingerprint density at radius 3 is 2.67 bits per heavy atom. The second-order valence-electron chi connectivity index (χ2n) is 7.51. The molecule has 0 aromatic heterocycles. The lowest BCUT2D eigenvalue weighted by Crippen LogP contribution is -2.46. The second kappa shape index (κ2) is 9.96. The number of ether oxygens (including phenoxy) is 1. The number of piperidine rings is 1. The lowest BCUT2D eigenvalue weighted by atomic mass is 9.92. The van der Waals surface area contributed by atoms with E-state index < -0.39 is 5.82 Å². The highest BCUT2D eigenvalue weighted by Gasteiger charge is 2.27. The van der Waals surface area contributed by atoms with E-state index in [1.807, 2.05) is 6.92 Å². The van der Waals surface area contributed by atoms with E-state index in [2.05, 4.69) is 31.0 Å². The lowest BCUT2D eigenvalue weighted by molar-refractivity contribution is -0.121. The van der Waals surface area contributed by atoms with Crippen LogP contribution in [0.1, 0.15) is 26.2 Å². The first-order valence-corrected chi connectivity index (χ1v) is 10.6. The van der Waals surface area contributed by atoms with Crippen molar-refractivity contribution in [3.63, 3.8) is 0 Å². The van der Waals surface area contributed by atoms with Gasteiger partial charge in [-0.25, -0.2) is 4.39 Å². The van der Waals surface area contributed by atoms with Crippen molar-refractivity contribution in [3.8, 4) is 0 Å². The van der Waals surface area contributed by atoms with Crippen LogP contribution in [-0.2, 0) is 9.53 Å². The summed E-state index contributed by atoms with van der Waals surface area (Å²) in [4.78, 5) is 17.2. The molecular formula is C20H29BrFN3O2. The number of amides is 1. The average molecular weight is 442 g/mol. The van der Waals surface area contributed by atoms with Crippen LogP contribution in [0.3, 0.4) is 0 Å². The van der Waals surface area contributed by atoms with Gasteiger partial charge in [0.25, 0.3) is 0 Å². The quantitative estimate of drug-likeness (QED) is 0.734. The van der Waals surface area contributed by atoms with Crippen molar-refractivity contribution in [1.29, 1.82) is 0 Å². The topological polar surface area (TPSA) is 44.8 Å². The molecule has 2 heterocycles. The predicted molar refractivity (Wildman–Crippen MR) is 108 cm³/mol. The molecule has 150 valence electrons. The summed E-state index contributed by atoms with van der Waals surface area (Å²) >= 11 is 3.23. The first kappa shape index (κ1) is 20.7. The fraction of sp³-hybridized carbons (Fsp3) is 0.650. The van der Waals surface area contributed by atoms with Crippen LogP contribution in [0, 0.1) is 11.7 Å². The summed E-state index contributed by atoms with van der Waals surface area (Å²) in [6.45, 7) is 8.68. The summed E-state index contributed by atoms with van der Waals surface area (Å²) in [6, 6.07) is 4.42. The third kappa shape index (κ3) is 5.98. The van der Waals surface area contributed by atoms with Gasteiger partial charge in [-0.3, -0.25) is 14.6 Å². The molecule has 0 bridgehead atoms. The zero-order valence-electron chi connectivity index (χ0n) is 15.9. The minimum absolute atomic E-state index is 0.150. The Kier molecular flexibility index (Phi) is 7.64. The van der Waals surface area contributed by atoms with Gasteiger partial charge in [0.2, 0.25) is 5.91 Å². The number of rotatable bonds is 6. The Morgan fingerprint density at radius 1 is 1.30 bits per heavy atom. The van der Waals surface area contributed by atoms with Gasteiger partial charge in [-0.1, -0.05) is 15.9 Å². The number of hydrogen-bond acceptors (Lipinski definition) is 4. The Bertz CT molecular complexity index is 632. The van der Waals surface area contributed by atoms with Gasteiger partial charge in [0.1, 0.15) is 5.82 Å². The molecule has 5 nitrogen and oxygen atoms in total. The minimum Gasteiger partial charge on any atom is -0.379 e. The van der Waals surface area contributed by atoms with Crippen LogP contribution in [0.15, 0.2) is 22.7 Å². The van der Waals surface area contributed by atoms with Gasteiger partial charge in [-0.05, 0) is 69.9 Å². The molecule has 0 saturated carbocycles. The van der Waals surface area contributed by atoms with Gasteiger partial charge in [-0.2, -0.15) is 0 Å². The number of nitrogens with one attached hydrogen (secondary N) is 1. The lowest BCUT2D eigenvalue weighted by Gasteiger charge is -2.36. The predicted octanol–water partition coefficient (Wildman–Crippen LogP) is 3.35. The SMILES string of the molecule is CC(C(=O)Nc1ccc(Br)cc1F)N1CCC(CCN2CCOCC2)CC1. The van der Waals surface area contributed by atoms with Crippen molar-refractivity contribution in [2.45, 2.75) is 32.2 Å². The van der Waals surface area contributed by atoms with Crippen LogP contribution in [0.4, 0.5) is 10.1 Å². The number of carbonyl (C=O) groups is 1. The number of halogens is 2. The van der Waals surface area contributed by atoms with E-state index in [1.165, 1.54) is 12.5 Å². The first-order chi connectivity index (χ1) is 13.0. The molecule has 7 heteroatoms. The smallest absolute Gasteiger partial charge is 0.241 e. The van der Waals surface area contributed by atoms with Crippen molar-refractivity contribution in [3.05, 3.63) is 28.5 Å². The maximum atomic E-state index is 13.9. The molecular weight excluding hydrogens is 413 g/mol. The van der Waals surface area contributed by atoms with E-state index in [-0.39, 0.29) is 17.6 Å². The molecule has 1 aromatic rings. The van der Waals surface area contributed by atoms with E-state index in [9.17, 15) is 9.18 Å². The highest BCUT2D eigenvalue weighted by atomic mass is 79.9. The van der Waals surface area contributed by atoms with E-state index in [0.717, 1.165) is 64.7 Å². The number of anilines is 1. The van der Waals surface area contributed by atoms with Crippen molar-refractivity contribution in [2.75, 3.05) is 51.3 Å². The van der Waals surface area contributed by atoms with E-state index >= 15 is 0 Å². The van der Waals surface area contributed by atoms with Crippen molar-refractivity contribution in [2.24, 2.45) is 5.92 Å². The molecule has 2 aliphatic rings. The van der Waals surface area contributed by atoms with Gasteiger partial charge in [0, 0.05) is 17.6 Å². The summed E-state index contributed by atoms with van der Waals surface area (Å²) in [7, 11) is 0. The number of benzene rings is 1. The molecule has 3 rings (SSSR count). The Labute approximate surface area is 169 Å². The van der Waals surface area contributed by atoms with Gasteiger partial charge in [-0.15, -0.1) is 0 Å². The zero-order chi connectivity index (χ0) is 19.2. The number of morpholine rings is 1. The molecule has 2 saturated heterocycles. The van der Waals surface area contributed by atoms with E-state index in [0.29, 0.717) is 4.47 Å². The highest BCUT2D eigenvalue weighted by Crippen LogP contribution is 2.24. The maximum Gasteiger partial charge on any atom is 0.241 e. The normalized spacial score (nSPS) is 21.1. The molecule has 0 spiro atoms. The largest absolute Gasteiger partial charge is 0.379 e. The second-order valence-corrected chi connectivity index (χ2v) is 8.43. The standard InChI is InChI=1S/C20H29BrFN3O2/c1-15(20(26)23-19-3-2-17(21)14-18(19)22)25-8-5-16(6-9-25)4-7-24-10-12-27-13-11-24/h2-3,14-16H,4-13H2,1H3,(H,23,26). The maximum absolute atomic E-state index is 13.9. The molecule has 1 amide bonds. The Hall–Kier alpha value is -1.02. The van der Waals surface area contributed by atoms with E-state index in [1.54, 1.807) is 12.1 Å². The van der Waals surface area contributed by atoms with Crippen molar-refractivity contribution < 1.29 is 13.9 Å². The van der Waals surface area contributed by atoms with Gasteiger partial charge in [0.05, 0.1) is 24.9 Å². The number of nitrogens with zero attached hydrogens (tertiary/aromatic N) is 2. The average Bonchev–Trinajstić information content (AvgIpc) is 2.69. The third-order valence-corrected chi connectivity index (χ3v) is 6.22. The van der Waals surface area contributed by atoms with Crippen LogP contribution in [-0.4, -0.2) is 67.7 Å². The Morgan fingerprint density at radius 2 is 2.00 bits per heavy atom. The summed E-state index contributed by atoms with van der Waals surface area (Å²) in [5.41, 5.74) is 0.232. The van der Waals surface area contributed by atoms with Crippen LogP contribution >= 0.6 is 15.9 Å². The molecule has 0 aliphatic carbocycles. The van der Waals surface area contributed by atoms with Crippen LogP contribution < -0.4 is 5.32 Å². The first-order valence-electron chi connectivity index (χ1n) is 9.83. The van der Waals surface area contributed by atoms with Crippen LogP contribution in [0.25, 0.3) is 0 Å². The number of hydrogen-bond donors (Lipinski definition) is 1. The van der Waals surface area contributed by atoms with Crippen LogP contribution in [0.2, 0.25) is 0 Å². The summed E-state index contributed by atoms with van der Waals surface area (Å²) in [5, 5.41) is 2.72. The Balaban J connectivity index is 1.42. The number of carbonyl (C=O) groups excluding carboxylic acids is 1. The van der Waals surface area contributed by atoms with Gasteiger partial charge in [0.15, 0.2) is 0 Å². The zero-order valence-corrected chi connectivity index (χ0v) is 17.5. The van der Waals surface area contributed by atoms with Crippen molar-refractivity contribution in [1.82, 2.24) is 9.80 Å². The summed E-state index contributed by atoms with van der Waals surface area (Å²) in [5.74, 6) is 0.151. The molecule has 1 unspecified atom stereocenters. The summed E-state index contributed by atoms with van der Waals surface area (Å²) < 4.78 is 20.0. The molecule has 2 fully saturated rings. The molecule has 1 N–H and O–H groups in total. The van der Waals surface area contributed by atoms with Crippen molar-refractivity contribution >= 4 is 27.5 Å². The minimum atomic E-state index is -0.424.